The van der Waals surface area contributed by atoms with Crippen LogP contribution in [0.3, 0.4) is 0 Å². The van der Waals surface area contributed by atoms with E-state index in [1.807, 2.05) is 0 Å². The second kappa shape index (κ2) is 6.10. The quantitative estimate of drug-likeness (QED) is 0.859. The lowest BCUT2D eigenvalue weighted by Crippen LogP contribution is -2.51. The van der Waals surface area contributed by atoms with Crippen molar-refractivity contribution < 1.29 is 0 Å². The van der Waals surface area contributed by atoms with Crippen LogP contribution in [-0.4, -0.2) is 47.1 Å². The standard InChI is InChI=1S/C16H23N3S/c1-13-2-4-14(5-3-13)12-18-8-10-19(11-9-18)16(20)17-15-6-7-15/h2-5,15H,6-12H2,1H3,(H,17,20). The largest absolute Gasteiger partial charge is 0.360 e. The van der Waals surface area contributed by atoms with Crippen LogP contribution < -0.4 is 5.32 Å². The molecule has 2 aliphatic rings. The van der Waals surface area contributed by atoms with Gasteiger partial charge in [-0.05, 0) is 37.5 Å². The van der Waals surface area contributed by atoms with Crippen molar-refractivity contribution in [3.63, 3.8) is 0 Å². The maximum atomic E-state index is 5.47. The summed E-state index contributed by atoms with van der Waals surface area (Å²) in [4.78, 5) is 4.83. The second-order valence-electron chi connectivity index (χ2n) is 5.97. The molecule has 20 heavy (non-hydrogen) atoms. The molecule has 0 radical (unpaired) electrons. The van der Waals surface area contributed by atoms with Crippen molar-refractivity contribution in [2.45, 2.75) is 32.4 Å². The summed E-state index contributed by atoms with van der Waals surface area (Å²) in [5.41, 5.74) is 2.73. The molecular weight excluding hydrogens is 266 g/mol. The molecule has 0 atom stereocenters. The molecule has 0 unspecified atom stereocenters. The van der Waals surface area contributed by atoms with E-state index in [1.54, 1.807) is 0 Å². The van der Waals surface area contributed by atoms with Crippen molar-refractivity contribution in [2.24, 2.45) is 0 Å². The van der Waals surface area contributed by atoms with Crippen LogP contribution in [0.1, 0.15) is 24.0 Å². The first kappa shape index (κ1) is 13.8. The van der Waals surface area contributed by atoms with E-state index < -0.39 is 0 Å². The lowest BCUT2D eigenvalue weighted by atomic mass is 10.1. The molecule has 0 spiro atoms. The molecule has 1 N–H and O–H groups in total. The van der Waals surface area contributed by atoms with Gasteiger partial charge in [0, 0.05) is 38.8 Å². The lowest BCUT2D eigenvalue weighted by Gasteiger charge is -2.36. The first-order chi connectivity index (χ1) is 9.70. The molecule has 2 fully saturated rings. The Labute approximate surface area is 126 Å². The van der Waals surface area contributed by atoms with E-state index in [0.717, 1.165) is 37.8 Å². The summed E-state index contributed by atoms with van der Waals surface area (Å²) < 4.78 is 0. The number of aryl methyl sites for hydroxylation is 1. The molecule has 108 valence electrons. The van der Waals surface area contributed by atoms with Crippen LogP contribution in [0, 0.1) is 6.92 Å². The van der Waals surface area contributed by atoms with E-state index in [1.165, 1.54) is 24.0 Å². The molecule has 1 aromatic rings. The molecule has 1 heterocycles. The fourth-order valence-electron chi connectivity index (χ4n) is 2.55. The van der Waals surface area contributed by atoms with Gasteiger partial charge in [-0.1, -0.05) is 29.8 Å². The summed E-state index contributed by atoms with van der Waals surface area (Å²) in [5.74, 6) is 0. The smallest absolute Gasteiger partial charge is 0.169 e. The zero-order chi connectivity index (χ0) is 13.9. The summed E-state index contributed by atoms with van der Waals surface area (Å²) >= 11 is 5.47. The number of hydrogen-bond acceptors (Lipinski definition) is 2. The van der Waals surface area contributed by atoms with Gasteiger partial charge in [-0.3, -0.25) is 4.90 Å². The first-order valence-electron chi connectivity index (χ1n) is 7.54. The fourth-order valence-corrected chi connectivity index (χ4v) is 2.90. The molecule has 1 aromatic carbocycles. The Morgan fingerprint density at radius 2 is 1.80 bits per heavy atom. The van der Waals surface area contributed by atoms with Crippen LogP contribution in [0.15, 0.2) is 24.3 Å². The monoisotopic (exact) mass is 289 g/mol. The van der Waals surface area contributed by atoms with Crippen molar-refractivity contribution >= 4 is 17.3 Å². The van der Waals surface area contributed by atoms with E-state index in [0.29, 0.717) is 6.04 Å². The Morgan fingerprint density at radius 3 is 2.40 bits per heavy atom. The Kier molecular flexibility index (Phi) is 4.22. The van der Waals surface area contributed by atoms with Gasteiger partial charge in [0.1, 0.15) is 0 Å². The number of benzene rings is 1. The number of hydrogen-bond donors (Lipinski definition) is 1. The molecule has 0 amide bonds. The Hall–Kier alpha value is -1.13. The SMILES string of the molecule is Cc1ccc(CN2CCN(C(=S)NC3CC3)CC2)cc1. The van der Waals surface area contributed by atoms with Crippen LogP contribution in [0.25, 0.3) is 0 Å². The second-order valence-corrected chi connectivity index (χ2v) is 6.36. The Bertz CT molecular complexity index is 459. The van der Waals surface area contributed by atoms with Gasteiger partial charge in [-0.25, -0.2) is 0 Å². The molecule has 4 heteroatoms. The maximum Gasteiger partial charge on any atom is 0.169 e. The number of thiocarbonyl (C=S) groups is 1. The van der Waals surface area contributed by atoms with Gasteiger partial charge in [0.25, 0.3) is 0 Å². The zero-order valence-electron chi connectivity index (χ0n) is 12.1. The lowest BCUT2D eigenvalue weighted by molar-refractivity contribution is 0.174. The molecular formula is C16H23N3S. The molecule has 3 nitrogen and oxygen atoms in total. The predicted octanol–water partition coefficient (Wildman–Crippen LogP) is 2.15. The van der Waals surface area contributed by atoms with E-state index in [2.05, 4.69) is 46.3 Å². The number of rotatable bonds is 3. The minimum absolute atomic E-state index is 0.660. The van der Waals surface area contributed by atoms with Gasteiger partial charge in [-0.15, -0.1) is 0 Å². The molecule has 1 saturated heterocycles. The third-order valence-electron chi connectivity index (χ3n) is 4.09. The van der Waals surface area contributed by atoms with Crippen LogP contribution in [-0.2, 0) is 6.54 Å². The third kappa shape index (κ3) is 3.70. The van der Waals surface area contributed by atoms with E-state index in [-0.39, 0.29) is 0 Å². The average Bonchev–Trinajstić information content (AvgIpc) is 3.26. The number of nitrogens with zero attached hydrogens (tertiary/aromatic N) is 2. The average molecular weight is 289 g/mol. The van der Waals surface area contributed by atoms with Crippen molar-refractivity contribution in [3.8, 4) is 0 Å². The van der Waals surface area contributed by atoms with E-state index >= 15 is 0 Å². The highest BCUT2D eigenvalue weighted by atomic mass is 32.1. The number of nitrogens with one attached hydrogen (secondary N) is 1. The maximum absolute atomic E-state index is 5.47. The molecule has 1 saturated carbocycles. The molecule has 0 aromatic heterocycles. The highest BCUT2D eigenvalue weighted by Crippen LogP contribution is 2.19. The zero-order valence-corrected chi connectivity index (χ0v) is 13.0. The van der Waals surface area contributed by atoms with Crippen molar-refractivity contribution in [1.29, 1.82) is 0 Å². The topological polar surface area (TPSA) is 18.5 Å². The van der Waals surface area contributed by atoms with Crippen molar-refractivity contribution in [2.75, 3.05) is 26.2 Å². The summed E-state index contributed by atoms with van der Waals surface area (Å²) in [6, 6.07) is 9.52. The van der Waals surface area contributed by atoms with Gasteiger partial charge >= 0.3 is 0 Å². The molecule has 3 rings (SSSR count). The first-order valence-corrected chi connectivity index (χ1v) is 7.95. The normalized spacial score (nSPS) is 19.9. The minimum atomic E-state index is 0.660. The molecule has 0 bridgehead atoms. The van der Waals surface area contributed by atoms with Crippen molar-refractivity contribution in [1.82, 2.24) is 15.1 Å². The van der Waals surface area contributed by atoms with Crippen LogP contribution in [0.4, 0.5) is 0 Å². The van der Waals surface area contributed by atoms with E-state index in [4.69, 9.17) is 12.2 Å². The highest BCUT2D eigenvalue weighted by Gasteiger charge is 2.25. The van der Waals surface area contributed by atoms with Crippen LogP contribution in [0.5, 0.6) is 0 Å². The van der Waals surface area contributed by atoms with Gasteiger partial charge in [0.15, 0.2) is 5.11 Å². The van der Waals surface area contributed by atoms with Gasteiger partial charge < -0.3 is 10.2 Å². The molecule has 1 aliphatic heterocycles. The predicted molar refractivity (Wildman–Crippen MR) is 86.8 cm³/mol. The number of piperazine rings is 1. The van der Waals surface area contributed by atoms with Crippen LogP contribution >= 0.6 is 12.2 Å². The summed E-state index contributed by atoms with van der Waals surface area (Å²) in [7, 11) is 0. The van der Waals surface area contributed by atoms with Crippen LogP contribution in [0.2, 0.25) is 0 Å². The van der Waals surface area contributed by atoms with Gasteiger partial charge in [0.05, 0.1) is 0 Å². The Morgan fingerprint density at radius 1 is 1.15 bits per heavy atom. The summed E-state index contributed by atoms with van der Waals surface area (Å²) in [6.07, 6.45) is 2.57. The highest BCUT2D eigenvalue weighted by molar-refractivity contribution is 7.80. The summed E-state index contributed by atoms with van der Waals surface area (Å²) in [5, 5.41) is 4.39. The Balaban J connectivity index is 1.45. The van der Waals surface area contributed by atoms with E-state index in [9.17, 15) is 0 Å². The van der Waals surface area contributed by atoms with Crippen molar-refractivity contribution in [3.05, 3.63) is 35.4 Å². The minimum Gasteiger partial charge on any atom is -0.360 e. The van der Waals surface area contributed by atoms with Gasteiger partial charge in [-0.2, -0.15) is 0 Å². The van der Waals surface area contributed by atoms with Gasteiger partial charge in [0.2, 0.25) is 0 Å². The molecule has 1 aliphatic carbocycles. The summed E-state index contributed by atoms with van der Waals surface area (Å²) in [6.45, 7) is 7.48. The fraction of sp³-hybridized carbons (Fsp3) is 0.562. The third-order valence-corrected chi connectivity index (χ3v) is 4.47.